The van der Waals surface area contributed by atoms with Crippen LogP contribution in [0, 0.1) is 5.82 Å². The number of rotatable bonds is 4. The van der Waals surface area contributed by atoms with Crippen molar-refractivity contribution in [1.29, 1.82) is 0 Å². The van der Waals surface area contributed by atoms with Gasteiger partial charge in [0.15, 0.2) is 5.69 Å². The van der Waals surface area contributed by atoms with Crippen molar-refractivity contribution in [2.24, 2.45) is 0 Å². The number of nitrogens with one attached hydrogen (secondary N) is 2. The molecule has 0 aliphatic heterocycles. The van der Waals surface area contributed by atoms with Gasteiger partial charge in [-0.1, -0.05) is 29.8 Å². The molecular weight excluding hydrogens is 337 g/mol. The summed E-state index contributed by atoms with van der Waals surface area (Å²) in [6, 6.07) is 9.15. The summed E-state index contributed by atoms with van der Waals surface area (Å²) in [5.74, 6) is -2.79. The van der Waals surface area contributed by atoms with Crippen molar-refractivity contribution in [3.8, 4) is 0 Å². The van der Waals surface area contributed by atoms with Crippen LogP contribution in [0.1, 0.15) is 16.1 Å². The van der Waals surface area contributed by atoms with Gasteiger partial charge >= 0.3 is 0 Å². The number of H-pyrrole nitrogens is 1. The number of aromatic amines is 1. The van der Waals surface area contributed by atoms with E-state index in [2.05, 4.69) is 15.5 Å². The molecule has 3 rings (SSSR count). The molecule has 1 heterocycles. The van der Waals surface area contributed by atoms with Gasteiger partial charge in [0.2, 0.25) is 0 Å². The first kappa shape index (κ1) is 15.9. The number of amides is 1. The van der Waals surface area contributed by atoms with Crippen LogP contribution >= 0.6 is 11.6 Å². The number of hydrogen-bond donors (Lipinski definition) is 2. The maximum absolute atomic E-state index is 13.9. The quantitative estimate of drug-likeness (QED) is 0.753. The SMILES string of the molecule is O=C([O-])Cc1cc(Cl)c(NC(=O)c2n[nH]c3ccccc23)cc1F. The number of fused-ring (bicyclic) bond motifs is 1. The molecule has 0 aliphatic carbocycles. The topological polar surface area (TPSA) is 97.9 Å². The molecule has 0 spiro atoms. The van der Waals surface area contributed by atoms with Crippen molar-refractivity contribution in [2.45, 2.75) is 6.42 Å². The molecule has 0 fully saturated rings. The van der Waals surface area contributed by atoms with Crippen LogP contribution in [0.3, 0.4) is 0 Å². The van der Waals surface area contributed by atoms with Gasteiger partial charge in [0.25, 0.3) is 5.91 Å². The van der Waals surface area contributed by atoms with E-state index in [0.717, 1.165) is 12.1 Å². The lowest BCUT2D eigenvalue weighted by Gasteiger charge is -2.10. The molecule has 0 saturated carbocycles. The number of aliphatic carboxylic acids is 1. The predicted octanol–water partition coefficient (Wildman–Crippen LogP) is 1.90. The number of aromatic nitrogens is 2. The molecule has 1 amide bonds. The van der Waals surface area contributed by atoms with Crippen LogP contribution in [0.4, 0.5) is 10.1 Å². The van der Waals surface area contributed by atoms with Gasteiger partial charge < -0.3 is 15.2 Å². The first-order valence-corrected chi connectivity index (χ1v) is 7.25. The molecule has 122 valence electrons. The van der Waals surface area contributed by atoms with Crippen LogP contribution in [0.25, 0.3) is 10.9 Å². The van der Waals surface area contributed by atoms with Crippen molar-refractivity contribution in [3.05, 3.63) is 58.5 Å². The molecule has 0 radical (unpaired) electrons. The Hall–Kier alpha value is -2.93. The second-order valence-corrected chi connectivity index (χ2v) is 5.45. The third-order valence-electron chi connectivity index (χ3n) is 3.40. The first-order chi connectivity index (χ1) is 11.5. The van der Waals surface area contributed by atoms with E-state index in [1.54, 1.807) is 24.3 Å². The van der Waals surface area contributed by atoms with Crippen LogP contribution in [0.2, 0.25) is 5.02 Å². The number of carbonyl (C=O) groups excluding carboxylic acids is 2. The van der Waals surface area contributed by atoms with E-state index in [0.29, 0.717) is 10.9 Å². The highest BCUT2D eigenvalue weighted by Crippen LogP contribution is 2.27. The fraction of sp³-hybridized carbons (Fsp3) is 0.0625. The number of carboxylic acid groups (broad SMARTS) is 1. The Balaban J connectivity index is 1.89. The summed E-state index contributed by atoms with van der Waals surface area (Å²) in [6.45, 7) is 0. The maximum Gasteiger partial charge on any atom is 0.276 e. The number of benzene rings is 2. The van der Waals surface area contributed by atoms with Crippen LogP contribution in [-0.4, -0.2) is 22.1 Å². The highest BCUT2D eigenvalue weighted by atomic mass is 35.5. The average Bonchev–Trinajstić information content (AvgIpc) is 2.95. The lowest BCUT2D eigenvalue weighted by atomic mass is 10.1. The van der Waals surface area contributed by atoms with E-state index in [1.807, 2.05) is 0 Å². The number of hydrogen-bond acceptors (Lipinski definition) is 4. The highest BCUT2D eigenvalue weighted by Gasteiger charge is 2.16. The minimum absolute atomic E-state index is 0.0147. The third-order valence-corrected chi connectivity index (χ3v) is 3.72. The molecule has 0 unspecified atom stereocenters. The Morgan fingerprint density at radius 1 is 1.29 bits per heavy atom. The van der Waals surface area contributed by atoms with Crippen molar-refractivity contribution >= 4 is 40.1 Å². The summed E-state index contributed by atoms with van der Waals surface area (Å²) in [6.07, 6.45) is -0.607. The lowest BCUT2D eigenvalue weighted by molar-refractivity contribution is -0.304. The van der Waals surface area contributed by atoms with Crippen molar-refractivity contribution in [3.63, 3.8) is 0 Å². The van der Waals surface area contributed by atoms with Crippen LogP contribution in [-0.2, 0) is 11.2 Å². The molecule has 0 saturated heterocycles. The summed E-state index contributed by atoms with van der Waals surface area (Å²) >= 11 is 5.99. The summed E-state index contributed by atoms with van der Waals surface area (Å²) in [7, 11) is 0. The zero-order valence-electron chi connectivity index (χ0n) is 12.1. The van der Waals surface area contributed by atoms with Gasteiger partial charge in [-0.15, -0.1) is 0 Å². The van der Waals surface area contributed by atoms with E-state index >= 15 is 0 Å². The van der Waals surface area contributed by atoms with E-state index in [9.17, 15) is 19.1 Å². The Kier molecular flexibility index (Phi) is 4.18. The normalized spacial score (nSPS) is 10.8. The second kappa shape index (κ2) is 6.29. The number of anilines is 1. The van der Waals surface area contributed by atoms with Crippen molar-refractivity contribution in [1.82, 2.24) is 10.2 Å². The van der Waals surface area contributed by atoms with Gasteiger partial charge in [0, 0.05) is 17.8 Å². The fourth-order valence-electron chi connectivity index (χ4n) is 2.29. The zero-order chi connectivity index (χ0) is 17.3. The maximum atomic E-state index is 13.9. The minimum Gasteiger partial charge on any atom is -0.550 e. The van der Waals surface area contributed by atoms with Crippen LogP contribution in [0.5, 0.6) is 0 Å². The van der Waals surface area contributed by atoms with Crippen molar-refractivity contribution < 1.29 is 19.1 Å². The largest absolute Gasteiger partial charge is 0.550 e. The molecule has 2 N–H and O–H groups in total. The molecule has 0 bridgehead atoms. The summed E-state index contributed by atoms with van der Waals surface area (Å²) in [5.41, 5.74) is 0.724. The molecule has 2 aromatic carbocycles. The summed E-state index contributed by atoms with van der Waals surface area (Å²) < 4.78 is 13.9. The minimum atomic E-state index is -1.43. The van der Waals surface area contributed by atoms with Crippen LogP contribution < -0.4 is 10.4 Å². The molecule has 6 nitrogen and oxygen atoms in total. The van der Waals surface area contributed by atoms with E-state index in [1.165, 1.54) is 0 Å². The van der Waals surface area contributed by atoms with Gasteiger partial charge in [0.1, 0.15) is 5.82 Å². The second-order valence-electron chi connectivity index (χ2n) is 5.04. The van der Waals surface area contributed by atoms with Crippen molar-refractivity contribution in [2.75, 3.05) is 5.32 Å². The monoisotopic (exact) mass is 346 g/mol. The summed E-state index contributed by atoms with van der Waals surface area (Å²) in [5, 5.41) is 20.3. The standard InChI is InChI=1S/C16H11ClFN3O3/c17-10-5-8(6-14(22)23)11(18)7-13(10)19-16(24)15-9-3-1-2-4-12(9)20-21-15/h1-5,7H,6H2,(H,19,24)(H,20,21)(H,22,23)/p-1. The average molecular weight is 347 g/mol. The van der Waals surface area contributed by atoms with Crippen LogP contribution in [0.15, 0.2) is 36.4 Å². The van der Waals surface area contributed by atoms with Gasteiger partial charge in [-0.25, -0.2) is 4.39 Å². The summed E-state index contributed by atoms with van der Waals surface area (Å²) in [4.78, 5) is 22.9. The Labute approximate surface area is 140 Å². The zero-order valence-corrected chi connectivity index (χ0v) is 12.9. The number of carbonyl (C=O) groups is 2. The smallest absolute Gasteiger partial charge is 0.276 e. The van der Waals surface area contributed by atoms with Gasteiger partial charge in [-0.3, -0.25) is 9.89 Å². The third kappa shape index (κ3) is 3.07. The Morgan fingerprint density at radius 2 is 2.04 bits per heavy atom. The number of carboxylic acids is 1. The lowest BCUT2D eigenvalue weighted by Crippen LogP contribution is -2.25. The fourth-order valence-corrected chi connectivity index (χ4v) is 2.53. The van der Waals surface area contributed by atoms with Gasteiger partial charge in [0.05, 0.1) is 16.2 Å². The highest BCUT2D eigenvalue weighted by molar-refractivity contribution is 6.34. The van der Waals surface area contributed by atoms with Gasteiger partial charge in [-0.2, -0.15) is 5.10 Å². The molecule has 0 atom stereocenters. The Morgan fingerprint density at radius 3 is 2.79 bits per heavy atom. The molecule has 8 heteroatoms. The number of halogens is 2. The molecular formula is C16H10ClFN3O3-. The molecule has 3 aromatic rings. The predicted molar refractivity (Wildman–Crippen MR) is 84.2 cm³/mol. The molecule has 1 aromatic heterocycles. The van der Waals surface area contributed by atoms with E-state index in [4.69, 9.17) is 11.6 Å². The first-order valence-electron chi connectivity index (χ1n) is 6.88. The Bertz CT molecular complexity index is 955. The number of nitrogens with zero attached hydrogens (tertiary/aromatic N) is 1. The van der Waals surface area contributed by atoms with Gasteiger partial charge in [-0.05, 0) is 23.8 Å². The molecule has 0 aliphatic rings. The number of para-hydroxylation sites is 1. The van der Waals surface area contributed by atoms with E-state index in [-0.39, 0.29) is 22.0 Å². The molecule has 24 heavy (non-hydrogen) atoms. The van der Waals surface area contributed by atoms with E-state index < -0.39 is 24.1 Å².